The molecule has 24 heavy (non-hydrogen) atoms. The number of carbonyl (C=O) groups is 1. The van der Waals surface area contributed by atoms with Crippen LogP contribution >= 0.6 is 0 Å². The van der Waals surface area contributed by atoms with E-state index in [0.29, 0.717) is 5.69 Å². The molecule has 1 aromatic rings. The number of piperidine rings is 1. The molecule has 0 aliphatic carbocycles. The molecule has 7 nitrogen and oxygen atoms in total. The van der Waals surface area contributed by atoms with E-state index in [1.807, 2.05) is 0 Å². The van der Waals surface area contributed by atoms with Crippen molar-refractivity contribution in [1.29, 1.82) is 0 Å². The molecular weight excluding hydrogens is 335 g/mol. The van der Waals surface area contributed by atoms with E-state index in [0.717, 1.165) is 4.31 Å². The van der Waals surface area contributed by atoms with Gasteiger partial charge in [-0.25, -0.2) is 4.39 Å². The summed E-state index contributed by atoms with van der Waals surface area (Å²) in [5.74, 6) is -0.645. The Morgan fingerprint density at radius 3 is 2.42 bits per heavy atom. The van der Waals surface area contributed by atoms with Crippen molar-refractivity contribution in [1.82, 2.24) is 13.9 Å². The first kappa shape index (κ1) is 18.6. The molecule has 1 fully saturated rings. The molecular formula is C15H23FN4O3S. The predicted octanol–water partition coefficient (Wildman–Crippen LogP) is 0.625. The van der Waals surface area contributed by atoms with Crippen LogP contribution in [0.1, 0.15) is 12.8 Å². The number of hydrogen-bond donors (Lipinski definition) is 2. The summed E-state index contributed by atoms with van der Waals surface area (Å²) in [7, 11) is 0.959. The van der Waals surface area contributed by atoms with E-state index in [4.69, 9.17) is 0 Å². The summed E-state index contributed by atoms with van der Waals surface area (Å²) in [5, 5.41) is 5.71. The van der Waals surface area contributed by atoms with E-state index in [9.17, 15) is 17.6 Å². The number of benzene rings is 1. The number of amides is 1. The largest absolute Gasteiger partial charge is 0.371 e. The number of nitrogens with zero attached hydrogens (tertiary/aromatic N) is 2. The molecule has 1 amide bonds. The number of carbonyl (C=O) groups excluding carboxylic acids is 1. The highest BCUT2D eigenvalue weighted by molar-refractivity contribution is 7.86. The molecule has 1 aromatic carbocycles. The number of hydrogen-bond acceptors (Lipinski definition) is 4. The molecule has 9 heteroatoms. The van der Waals surface area contributed by atoms with E-state index in [1.54, 1.807) is 12.1 Å². The molecule has 0 unspecified atom stereocenters. The minimum absolute atomic E-state index is 0.205. The van der Waals surface area contributed by atoms with Crippen LogP contribution in [0.5, 0.6) is 0 Å². The number of nitrogens with one attached hydrogen (secondary N) is 2. The van der Waals surface area contributed by atoms with Crippen LogP contribution in [0.3, 0.4) is 0 Å². The summed E-state index contributed by atoms with van der Waals surface area (Å²) in [5.41, 5.74) is -0.483. The molecule has 134 valence electrons. The van der Waals surface area contributed by atoms with Crippen LogP contribution in [-0.4, -0.2) is 62.7 Å². The van der Waals surface area contributed by atoms with E-state index in [2.05, 4.69) is 10.6 Å². The standard InChI is InChI=1S/C15H23FN4O3S/c1-17-14(21)15(18-13-6-4-5-12(16)11-13)7-9-20(10-8-15)24(22,23)19(2)3/h4-6,11,18H,7-10H2,1-3H3,(H,17,21). The quantitative estimate of drug-likeness (QED) is 0.809. The Balaban J connectivity index is 2.22. The van der Waals surface area contributed by atoms with Crippen LogP contribution in [0.25, 0.3) is 0 Å². The second-order valence-corrected chi connectivity index (χ2v) is 8.13. The summed E-state index contributed by atoms with van der Waals surface area (Å²) >= 11 is 0. The zero-order chi connectivity index (χ0) is 18.0. The van der Waals surface area contributed by atoms with E-state index < -0.39 is 21.6 Å². The Bertz CT molecular complexity index is 700. The lowest BCUT2D eigenvalue weighted by Crippen LogP contribution is -2.59. The maximum Gasteiger partial charge on any atom is 0.281 e. The molecule has 1 aliphatic heterocycles. The minimum Gasteiger partial charge on any atom is -0.371 e. The Kier molecular flexibility index (Phi) is 5.46. The monoisotopic (exact) mass is 358 g/mol. The molecule has 0 radical (unpaired) electrons. The summed E-state index contributed by atoms with van der Waals surface area (Å²) in [6.07, 6.45) is 0.576. The first-order valence-corrected chi connectivity index (χ1v) is 9.04. The Morgan fingerprint density at radius 2 is 1.92 bits per heavy atom. The number of likely N-dealkylation sites (N-methyl/N-ethyl adjacent to an activating group) is 1. The molecule has 0 atom stereocenters. The van der Waals surface area contributed by atoms with Crippen molar-refractivity contribution in [3.8, 4) is 0 Å². The van der Waals surface area contributed by atoms with Gasteiger partial charge in [0.15, 0.2) is 0 Å². The molecule has 2 N–H and O–H groups in total. The van der Waals surface area contributed by atoms with Gasteiger partial charge in [0.2, 0.25) is 5.91 Å². The Labute approximate surface area is 142 Å². The second kappa shape index (κ2) is 7.04. The summed E-state index contributed by atoms with van der Waals surface area (Å²) in [6.45, 7) is 0.409. The Morgan fingerprint density at radius 1 is 1.29 bits per heavy atom. The summed E-state index contributed by atoms with van der Waals surface area (Å²) in [6, 6.07) is 5.87. The lowest BCUT2D eigenvalue weighted by Gasteiger charge is -2.41. The molecule has 1 heterocycles. The van der Waals surface area contributed by atoms with Gasteiger partial charge in [0.05, 0.1) is 0 Å². The van der Waals surface area contributed by atoms with Gasteiger partial charge in [0.1, 0.15) is 11.4 Å². The molecule has 1 aliphatic rings. The number of rotatable bonds is 5. The minimum atomic E-state index is -3.51. The third kappa shape index (κ3) is 3.68. The maximum absolute atomic E-state index is 13.4. The molecule has 1 saturated heterocycles. The van der Waals surface area contributed by atoms with Gasteiger partial charge in [0.25, 0.3) is 10.2 Å². The van der Waals surface area contributed by atoms with Gasteiger partial charge in [-0.05, 0) is 31.0 Å². The van der Waals surface area contributed by atoms with Crippen LogP contribution in [0.15, 0.2) is 24.3 Å². The zero-order valence-electron chi connectivity index (χ0n) is 14.0. The fourth-order valence-corrected chi connectivity index (χ4v) is 3.93. The number of halogens is 1. The molecule has 0 aromatic heterocycles. The van der Waals surface area contributed by atoms with Gasteiger partial charge in [-0.3, -0.25) is 4.79 Å². The fraction of sp³-hybridized carbons (Fsp3) is 0.533. The van der Waals surface area contributed by atoms with Gasteiger partial charge in [-0.1, -0.05) is 6.07 Å². The van der Waals surface area contributed by atoms with Gasteiger partial charge in [0, 0.05) is 39.9 Å². The first-order chi connectivity index (χ1) is 11.2. The SMILES string of the molecule is CNC(=O)C1(Nc2cccc(F)c2)CCN(S(=O)(=O)N(C)C)CC1. The molecule has 0 spiro atoms. The third-order valence-corrected chi connectivity index (χ3v) is 6.17. The van der Waals surface area contributed by atoms with E-state index in [-0.39, 0.29) is 31.8 Å². The van der Waals surface area contributed by atoms with Gasteiger partial charge < -0.3 is 10.6 Å². The summed E-state index contributed by atoms with van der Waals surface area (Å²) in [4.78, 5) is 12.4. The normalized spacial score (nSPS) is 18.4. The van der Waals surface area contributed by atoms with Crippen molar-refractivity contribution in [3.05, 3.63) is 30.1 Å². The van der Waals surface area contributed by atoms with Crippen LogP contribution in [0, 0.1) is 5.82 Å². The zero-order valence-corrected chi connectivity index (χ0v) is 14.9. The number of anilines is 1. The van der Waals surface area contributed by atoms with Crippen molar-refractivity contribution >= 4 is 21.8 Å². The van der Waals surface area contributed by atoms with Gasteiger partial charge in [-0.2, -0.15) is 17.0 Å². The Hall–Kier alpha value is -1.71. The lowest BCUT2D eigenvalue weighted by molar-refractivity contribution is -0.126. The first-order valence-electron chi connectivity index (χ1n) is 7.65. The van der Waals surface area contributed by atoms with Gasteiger partial charge >= 0.3 is 0 Å². The van der Waals surface area contributed by atoms with Crippen molar-refractivity contribution in [2.45, 2.75) is 18.4 Å². The van der Waals surface area contributed by atoms with E-state index >= 15 is 0 Å². The maximum atomic E-state index is 13.4. The topological polar surface area (TPSA) is 81.8 Å². The highest BCUT2D eigenvalue weighted by Crippen LogP contribution is 2.29. The van der Waals surface area contributed by atoms with Crippen LogP contribution in [0.2, 0.25) is 0 Å². The van der Waals surface area contributed by atoms with Crippen molar-refractivity contribution in [3.63, 3.8) is 0 Å². The molecule has 0 saturated carbocycles. The molecule has 0 bridgehead atoms. The second-order valence-electron chi connectivity index (χ2n) is 5.99. The predicted molar refractivity (Wildman–Crippen MR) is 90.2 cm³/mol. The average molecular weight is 358 g/mol. The van der Waals surface area contributed by atoms with Crippen molar-refractivity contribution in [2.24, 2.45) is 0 Å². The average Bonchev–Trinajstić information content (AvgIpc) is 2.54. The molecule has 2 rings (SSSR count). The van der Waals surface area contributed by atoms with Crippen LogP contribution < -0.4 is 10.6 Å². The summed E-state index contributed by atoms with van der Waals surface area (Å²) < 4.78 is 40.3. The van der Waals surface area contributed by atoms with E-state index in [1.165, 1.54) is 37.6 Å². The van der Waals surface area contributed by atoms with Crippen LogP contribution in [0.4, 0.5) is 10.1 Å². The van der Waals surface area contributed by atoms with Gasteiger partial charge in [-0.15, -0.1) is 0 Å². The lowest BCUT2D eigenvalue weighted by atomic mass is 9.87. The van der Waals surface area contributed by atoms with Crippen molar-refractivity contribution in [2.75, 3.05) is 39.5 Å². The third-order valence-electron chi connectivity index (χ3n) is 4.23. The smallest absolute Gasteiger partial charge is 0.281 e. The highest BCUT2D eigenvalue weighted by Gasteiger charge is 2.43. The van der Waals surface area contributed by atoms with Crippen molar-refractivity contribution < 1.29 is 17.6 Å². The highest BCUT2D eigenvalue weighted by atomic mass is 32.2. The fourth-order valence-electron chi connectivity index (χ4n) is 2.82. The van der Waals surface area contributed by atoms with Crippen LogP contribution in [-0.2, 0) is 15.0 Å².